The lowest BCUT2D eigenvalue weighted by molar-refractivity contribution is -0.153. The highest BCUT2D eigenvalue weighted by molar-refractivity contribution is 5.69. The van der Waals surface area contributed by atoms with Gasteiger partial charge in [0.05, 0.1) is 31.5 Å². The Hall–Kier alpha value is -1.25. The third-order valence-corrected chi connectivity index (χ3v) is 5.61. The highest BCUT2D eigenvalue weighted by atomic mass is 16.6. The van der Waals surface area contributed by atoms with E-state index in [9.17, 15) is 20.1 Å². The van der Waals surface area contributed by atoms with Gasteiger partial charge in [0, 0.05) is 18.8 Å². The SMILES string of the molecule is CCCCC[C@H](O)/C=C/[C@H]1[C@H](O)CC(O)[C@@H]1C/C=C\CCCC(=O)OC(CO)CO. The second-order valence-electron chi connectivity index (χ2n) is 8.14. The minimum atomic E-state index is -0.863. The number of ether oxygens (including phenoxy) is 1. The van der Waals surface area contributed by atoms with E-state index in [0.29, 0.717) is 32.1 Å². The second-order valence-corrected chi connectivity index (χ2v) is 8.14. The standard InChI is InChI=1S/C23H40O7/c1-2-3-6-9-17(26)12-13-20-19(21(27)14-22(20)28)10-7-4-5-8-11-23(29)30-18(15-24)16-25/h4,7,12-13,17-22,24-28H,2-3,5-6,8-11,14-16H2,1H3/b7-4-,13-12+/t17-,19+,20+,21?,22+/m0/s1. The summed E-state index contributed by atoms with van der Waals surface area (Å²) in [5, 5.41) is 48.4. The summed E-state index contributed by atoms with van der Waals surface area (Å²) in [6.07, 6.45) is 11.2. The van der Waals surface area contributed by atoms with E-state index in [-0.39, 0.29) is 18.3 Å². The molecule has 0 aromatic carbocycles. The highest BCUT2D eigenvalue weighted by Gasteiger charge is 2.39. The molecule has 1 fully saturated rings. The quantitative estimate of drug-likeness (QED) is 0.153. The number of carbonyl (C=O) groups is 1. The van der Waals surface area contributed by atoms with Crippen molar-refractivity contribution >= 4 is 5.97 Å². The maximum Gasteiger partial charge on any atom is 0.306 e. The molecule has 0 saturated heterocycles. The minimum Gasteiger partial charge on any atom is -0.457 e. The zero-order chi connectivity index (χ0) is 22.4. The molecule has 1 aliphatic carbocycles. The van der Waals surface area contributed by atoms with Crippen LogP contribution in [-0.4, -0.2) is 69.1 Å². The molecule has 0 aromatic heterocycles. The number of aliphatic hydroxyl groups is 5. The van der Waals surface area contributed by atoms with Crippen LogP contribution in [0.2, 0.25) is 0 Å². The minimum absolute atomic E-state index is 0.102. The Labute approximate surface area is 180 Å². The first kappa shape index (κ1) is 26.8. The van der Waals surface area contributed by atoms with Crippen molar-refractivity contribution in [1.29, 1.82) is 0 Å². The van der Waals surface area contributed by atoms with Crippen LogP contribution >= 0.6 is 0 Å². The molecule has 5 N–H and O–H groups in total. The van der Waals surface area contributed by atoms with Crippen molar-refractivity contribution in [2.45, 2.75) is 89.1 Å². The highest BCUT2D eigenvalue weighted by Crippen LogP contribution is 2.36. The van der Waals surface area contributed by atoms with E-state index in [2.05, 4.69) is 6.92 Å². The average Bonchev–Trinajstić information content (AvgIpc) is 2.99. The van der Waals surface area contributed by atoms with Gasteiger partial charge in [-0.3, -0.25) is 4.79 Å². The van der Waals surface area contributed by atoms with E-state index in [1.807, 2.05) is 18.2 Å². The van der Waals surface area contributed by atoms with Crippen LogP contribution in [0.4, 0.5) is 0 Å². The van der Waals surface area contributed by atoms with Gasteiger partial charge < -0.3 is 30.3 Å². The van der Waals surface area contributed by atoms with Crippen molar-refractivity contribution in [3.05, 3.63) is 24.3 Å². The first-order valence-corrected chi connectivity index (χ1v) is 11.2. The molecule has 1 saturated carbocycles. The van der Waals surface area contributed by atoms with Gasteiger partial charge in [0.15, 0.2) is 0 Å². The van der Waals surface area contributed by atoms with Gasteiger partial charge in [0.2, 0.25) is 0 Å². The molecule has 7 nitrogen and oxygen atoms in total. The predicted molar refractivity (Wildman–Crippen MR) is 115 cm³/mol. The topological polar surface area (TPSA) is 127 Å². The Bertz CT molecular complexity index is 516. The molecule has 0 bridgehead atoms. The number of unbranched alkanes of at least 4 members (excludes halogenated alkanes) is 3. The normalized spacial score (nSPS) is 25.6. The molecule has 1 rings (SSSR count). The number of aliphatic hydroxyl groups excluding tert-OH is 5. The van der Waals surface area contributed by atoms with Crippen molar-refractivity contribution in [3.63, 3.8) is 0 Å². The van der Waals surface area contributed by atoms with Crippen LogP contribution in [0.1, 0.15) is 64.7 Å². The molecule has 0 amide bonds. The number of hydrogen-bond donors (Lipinski definition) is 5. The lowest BCUT2D eigenvalue weighted by Crippen LogP contribution is -2.25. The molecule has 174 valence electrons. The summed E-state index contributed by atoms with van der Waals surface area (Å²) < 4.78 is 4.90. The van der Waals surface area contributed by atoms with Gasteiger partial charge in [-0.1, -0.05) is 50.5 Å². The Kier molecular flexibility index (Phi) is 13.9. The van der Waals surface area contributed by atoms with Crippen molar-refractivity contribution in [3.8, 4) is 0 Å². The zero-order valence-corrected chi connectivity index (χ0v) is 18.1. The number of esters is 1. The third kappa shape index (κ3) is 10.2. The van der Waals surface area contributed by atoms with Crippen LogP contribution in [0.25, 0.3) is 0 Å². The van der Waals surface area contributed by atoms with E-state index in [1.54, 1.807) is 6.08 Å². The smallest absolute Gasteiger partial charge is 0.306 e. The molecule has 0 spiro atoms. The molecule has 5 atom stereocenters. The zero-order valence-electron chi connectivity index (χ0n) is 18.1. The molecule has 1 aliphatic rings. The number of rotatable bonds is 15. The van der Waals surface area contributed by atoms with E-state index < -0.39 is 43.6 Å². The Balaban J connectivity index is 2.39. The third-order valence-electron chi connectivity index (χ3n) is 5.61. The summed E-state index contributed by atoms with van der Waals surface area (Å²) in [6, 6.07) is 0. The van der Waals surface area contributed by atoms with Gasteiger partial charge in [-0.05, 0) is 31.6 Å². The van der Waals surface area contributed by atoms with Gasteiger partial charge in [-0.2, -0.15) is 0 Å². The number of carbonyl (C=O) groups excluding carboxylic acids is 1. The summed E-state index contributed by atoms with van der Waals surface area (Å²) >= 11 is 0. The lowest BCUT2D eigenvalue weighted by atomic mass is 9.89. The number of allylic oxidation sites excluding steroid dienone is 2. The van der Waals surface area contributed by atoms with Crippen molar-refractivity contribution in [1.82, 2.24) is 0 Å². The summed E-state index contributed by atoms with van der Waals surface area (Å²) in [5.74, 6) is -0.738. The van der Waals surface area contributed by atoms with Crippen LogP contribution < -0.4 is 0 Å². The first-order valence-electron chi connectivity index (χ1n) is 11.2. The molecule has 7 heteroatoms. The average molecular weight is 429 g/mol. The molecule has 30 heavy (non-hydrogen) atoms. The van der Waals surface area contributed by atoms with Gasteiger partial charge >= 0.3 is 5.97 Å². The maximum atomic E-state index is 11.6. The van der Waals surface area contributed by atoms with Gasteiger partial charge in [-0.15, -0.1) is 0 Å². The van der Waals surface area contributed by atoms with Crippen molar-refractivity contribution in [2.75, 3.05) is 13.2 Å². The summed E-state index contributed by atoms with van der Waals surface area (Å²) in [5.41, 5.74) is 0. The fourth-order valence-corrected chi connectivity index (χ4v) is 3.78. The van der Waals surface area contributed by atoms with Crippen LogP contribution in [0.5, 0.6) is 0 Å². The maximum absolute atomic E-state index is 11.6. The van der Waals surface area contributed by atoms with Gasteiger partial charge in [-0.25, -0.2) is 0 Å². The second kappa shape index (κ2) is 15.5. The largest absolute Gasteiger partial charge is 0.457 e. The molecule has 0 radical (unpaired) electrons. The Morgan fingerprint density at radius 1 is 1.10 bits per heavy atom. The molecular weight excluding hydrogens is 388 g/mol. The van der Waals surface area contributed by atoms with Gasteiger partial charge in [0.1, 0.15) is 6.10 Å². The fourth-order valence-electron chi connectivity index (χ4n) is 3.78. The van der Waals surface area contributed by atoms with E-state index >= 15 is 0 Å². The predicted octanol–water partition coefficient (Wildman–Crippen LogP) is 1.85. The molecule has 1 unspecified atom stereocenters. The summed E-state index contributed by atoms with van der Waals surface area (Å²) in [7, 11) is 0. The number of hydrogen-bond acceptors (Lipinski definition) is 7. The lowest BCUT2D eigenvalue weighted by Gasteiger charge is -2.19. The van der Waals surface area contributed by atoms with E-state index in [4.69, 9.17) is 14.9 Å². The fraction of sp³-hybridized carbons (Fsp3) is 0.783. The molecule has 0 aromatic rings. The van der Waals surface area contributed by atoms with E-state index in [0.717, 1.165) is 19.3 Å². The van der Waals surface area contributed by atoms with Crippen LogP contribution in [-0.2, 0) is 9.53 Å². The van der Waals surface area contributed by atoms with Crippen LogP contribution in [0.15, 0.2) is 24.3 Å². The molecule has 0 aliphatic heterocycles. The van der Waals surface area contributed by atoms with Crippen molar-refractivity contribution in [2.24, 2.45) is 11.8 Å². The Morgan fingerprint density at radius 2 is 1.83 bits per heavy atom. The summed E-state index contributed by atoms with van der Waals surface area (Å²) in [6.45, 7) is 1.32. The molecular formula is C23H40O7. The monoisotopic (exact) mass is 428 g/mol. The van der Waals surface area contributed by atoms with Crippen molar-refractivity contribution < 1.29 is 35.1 Å². The Morgan fingerprint density at radius 3 is 2.50 bits per heavy atom. The molecule has 0 heterocycles. The van der Waals surface area contributed by atoms with Gasteiger partial charge in [0.25, 0.3) is 0 Å². The first-order chi connectivity index (χ1) is 14.4. The van der Waals surface area contributed by atoms with E-state index in [1.165, 1.54) is 0 Å². The summed E-state index contributed by atoms with van der Waals surface area (Å²) in [4.78, 5) is 11.6. The van der Waals surface area contributed by atoms with Crippen LogP contribution in [0.3, 0.4) is 0 Å². The van der Waals surface area contributed by atoms with Crippen LogP contribution in [0, 0.1) is 11.8 Å².